The molecule has 9 rings (SSSR count). The fourth-order valence-corrected chi connectivity index (χ4v) is 7.89. The van der Waals surface area contributed by atoms with E-state index in [1.807, 2.05) is 12.3 Å². The number of anilines is 2. The largest absolute Gasteiger partial charge is 0.457 e. The molecule has 0 bridgehead atoms. The second-order valence-electron chi connectivity index (χ2n) is 16.7. The minimum absolute atomic E-state index is 0.00152. The summed E-state index contributed by atoms with van der Waals surface area (Å²) in [4.78, 5) is 4.86. The number of nitrogens with one attached hydrogen (secondary N) is 1. The van der Waals surface area contributed by atoms with Gasteiger partial charge < -0.3 is 4.74 Å². The number of hydrogen-bond acceptors (Lipinski definition) is 4. The fourth-order valence-electron chi connectivity index (χ4n) is 7.89. The number of pyridine rings is 1. The van der Waals surface area contributed by atoms with Crippen molar-refractivity contribution >= 4 is 33.2 Å². The molecule has 0 fully saturated rings. The van der Waals surface area contributed by atoms with Crippen molar-refractivity contribution in [2.75, 3.05) is 5.01 Å². The van der Waals surface area contributed by atoms with Gasteiger partial charge in [-0.1, -0.05) is 133 Å². The lowest BCUT2D eigenvalue weighted by Gasteiger charge is -2.25. The van der Waals surface area contributed by atoms with E-state index in [1.54, 1.807) is 0 Å². The van der Waals surface area contributed by atoms with E-state index in [-0.39, 0.29) is 16.9 Å². The first-order valence-corrected chi connectivity index (χ1v) is 19.2. The van der Waals surface area contributed by atoms with Crippen molar-refractivity contribution in [2.45, 2.75) is 58.4 Å². The number of fused-ring (bicyclic) bond motifs is 4. The van der Waals surface area contributed by atoms with E-state index in [1.165, 1.54) is 38.8 Å². The number of hydrazine groups is 1. The lowest BCUT2D eigenvalue weighted by molar-refractivity contribution is 0.483. The maximum atomic E-state index is 6.68. The van der Waals surface area contributed by atoms with Gasteiger partial charge in [-0.15, -0.1) is 0 Å². The molecular weight excluding hydrogens is 673 g/mol. The van der Waals surface area contributed by atoms with Crippen LogP contribution in [0.25, 0.3) is 38.8 Å². The van der Waals surface area contributed by atoms with Crippen LogP contribution in [0.3, 0.4) is 0 Å². The van der Waals surface area contributed by atoms with Gasteiger partial charge in [0.25, 0.3) is 0 Å². The van der Waals surface area contributed by atoms with Crippen LogP contribution >= 0.6 is 0 Å². The molecule has 0 aliphatic carbocycles. The molecule has 1 atom stereocenters. The molecule has 1 aliphatic heterocycles. The molecular formula is C50H46N4O. The van der Waals surface area contributed by atoms with Gasteiger partial charge >= 0.3 is 0 Å². The van der Waals surface area contributed by atoms with Gasteiger partial charge in [0, 0.05) is 34.7 Å². The van der Waals surface area contributed by atoms with Crippen LogP contribution in [0.5, 0.6) is 11.5 Å². The Bertz CT molecular complexity index is 2700. The summed E-state index contributed by atoms with van der Waals surface area (Å²) < 4.78 is 8.94. The molecule has 0 spiro atoms. The molecule has 0 radical (unpaired) electrons. The number of rotatable bonds is 6. The molecule has 2 aromatic heterocycles. The van der Waals surface area contributed by atoms with E-state index >= 15 is 0 Å². The highest BCUT2D eigenvalue weighted by Gasteiger charge is 2.32. The third-order valence-electron chi connectivity index (χ3n) is 10.9. The van der Waals surface area contributed by atoms with Crippen LogP contribution in [0.15, 0.2) is 158 Å². The molecule has 55 heavy (non-hydrogen) atoms. The topological polar surface area (TPSA) is 42.3 Å². The van der Waals surface area contributed by atoms with E-state index < -0.39 is 0 Å². The Hall–Kier alpha value is -6.17. The molecule has 5 heteroatoms. The van der Waals surface area contributed by atoms with Crippen LogP contribution < -0.4 is 15.2 Å². The van der Waals surface area contributed by atoms with Crippen LogP contribution in [0.2, 0.25) is 0 Å². The zero-order valence-electron chi connectivity index (χ0n) is 32.3. The summed E-state index contributed by atoms with van der Waals surface area (Å²) in [6.45, 7) is 13.5. The van der Waals surface area contributed by atoms with E-state index in [0.29, 0.717) is 0 Å². The van der Waals surface area contributed by atoms with E-state index in [4.69, 9.17) is 9.72 Å². The smallest absolute Gasteiger partial charge is 0.137 e. The van der Waals surface area contributed by atoms with Crippen molar-refractivity contribution in [1.82, 2.24) is 15.0 Å². The second kappa shape index (κ2) is 13.3. The predicted octanol–water partition coefficient (Wildman–Crippen LogP) is 13.0. The summed E-state index contributed by atoms with van der Waals surface area (Å²) in [5.41, 5.74) is 15.7. The molecule has 5 nitrogen and oxygen atoms in total. The summed E-state index contributed by atoms with van der Waals surface area (Å²) in [7, 11) is 0. The Morgan fingerprint density at radius 1 is 0.564 bits per heavy atom. The fraction of sp³-hybridized carbons (Fsp3) is 0.180. The average Bonchev–Trinajstić information content (AvgIpc) is 3.74. The highest BCUT2D eigenvalue weighted by atomic mass is 16.5. The summed E-state index contributed by atoms with van der Waals surface area (Å²) in [5.74, 6) is 2.42. The SMILES string of the molecule is CC(C)(C)c1ccnc(-n2c3ccccc3c3ccc(Oc4cccc(N5NC(c6ccc(C(C)(C)C)cc6-c6ccccc6)c6ccccc65)c4)cc32)c1. The molecule has 0 amide bonds. The summed E-state index contributed by atoms with van der Waals surface area (Å²) in [5, 5.41) is 4.55. The molecule has 1 aliphatic rings. The third-order valence-corrected chi connectivity index (χ3v) is 10.9. The highest BCUT2D eigenvalue weighted by molar-refractivity contribution is 6.09. The molecule has 8 aromatic rings. The van der Waals surface area contributed by atoms with Crippen molar-refractivity contribution in [2.24, 2.45) is 0 Å². The zero-order chi connectivity index (χ0) is 37.9. The standard InChI is InChI=1S/C50H46N4O/c1-49(2,3)34-23-25-41(43(29-34)33-15-8-7-9-16-33)48-42-20-11-13-22-45(42)54(52-48)36-17-14-18-37(31-36)55-38-24-26-40-39-19-10-12-21-44(39)53(46(40)32-38)47-30-35(27-28-51-47)50(4,5)6/h7-32,48,52H,1-6H3. The number of ether oxygens (including phenoxy) is 1. The monoisotopic (exact) mass is 718 g/mol. The minimum atomic E-state index is -0.0419. The summed E-state index contributed by atoms with van der Waals surface area (Å²) in [6.07, 6.45) is 1.92. The quantitative estimate of drug-likeness (QED) is 0.186. The van der Waals surface area contributed by atoms with Gasteiger partial charge in [0.15, 0.2) is 0 Å². The maximum Gasteiger partial charge on any atom is 0.137 e. The molecule has 6 aromatic carbocycles. The first-order valence-electron chi connectivity index (χ1n) is 19.2. The first-order chi connectivity index (χ1) is 26.5. The summed E-state index contributed by atoms with van der Waals surface area (Å²) >= 11 is 0. The second-order valence-corrected chi connectivity index (χ2v) is 16.7. The maximum absolute atomic E-state index is 6.68. The Balaban J connectivity index is 1.08. The lowest BCUT2D eigenvalue weighted by Crippen LogP contribution is -2.30. The van der Waals surface area contributed by atoms with Gasteiger partial charge in [0.1, 0.15) is 17.3 Å². The number of benzene rings is 6. The molecule has 272 valence electrons. The zero-order valence-corrected chi connectivity index (χ0v) is 32.3. The molecule has 0 saturated carbocycles. The number of para-hydroxylation sites is 2. The summed E-state index contributed by atoms with van der Waals surface area (Å²) in [6, 6.07) is 53.9. The molecule has 1 unspecified atom stereocenters. The van der Waals surface area contributed by atoms with Gasteiger partial charge in [-0.05, 0) is 87.2 Å². The van der Waals surface area contributed by atoms with Crippen LogP contribution in [0, 0.1) is 0 Å². The number of nitrogens with zero attached hydrogens (tertiary/aromatic N) is 3. The van der Waals surface area contributed by atoms with Crippen molar-refractivity contribution in [3.63, 3.8) is 0 Å². The van der Waals surface area contributed by atoms with Crippen LogP contribution in [-0.2, 0) is 10.8 Å². The Kier molecular flexibility index (Phi) is 8.36. The van der Waals surface area contributed by atoms with E-state index in [0.717, 1.165) is 45.1 Å². The van der Waals surface area contributed by atoms with Crippen LogP contribution in [0.4, 0.5) is 11.4 Å². The normalized spacial score (nSPS) is 14.4. The van der Waals surface area contributed by atoms with Gasteiger partial charge in [-0.2, -0.15) is 0 Å². The lowest BCUT2D eigenvalue weighted by atomic mass is 9.82. The van der Waals surface area contributed by atoms with Gasteiger partial charge in [-0.3, -0.25) is 9.58 Å². The average molecular weight is 719 g/mol. The van der Waals surface area contributed by atoms with Crippen molar-refractivity contribution in [3.05, 3.63) is 180 Å². The van der Waals surface area contributed by atoms with Crippen molar-refractivity contribution in [1.29, 1.82) is 0 Å². The molecule has 1 N–H and O–H groups in total. The van der Waals surface area contributed by atoms with Gasteiger partial charge in [0.2, 0.25) is 0 Å². The Labute approximate surface area is 323 Å². The van der Waals surface area contributed by atoms with Crippen molar-refractivity contribution < 1.29 is 4.74 Å². The van der Waals surface area contributed by atoms with Crippen LogP contribution in [0.1, 0.15) is 69.8 Å². The minimum Gasteiger partial charge on any atom is -0.457 e. The Morgan fingerprint density at radius 2 is 1.27 bits per heavy atom. The predicted molar refractivity (Wildman–Crippen MR) is 228 cm³/mol. The van der Waals surface area contributed by atoms with Crippen molar-refractivity contribution in [3.8, 4) is 28.4 Å². The number of hydrogen-bond donors (Lipinski definition) is 1. The molecule has 0 saturated heterocycles. The van der Waals surface area contributed by atoms with E-state index in [2.05, 4.69) is 202 Å². The van der Waals surface area contributed by atoms with Crippen LogP contribution in [-0.4, -0.2) is 9.55 Å². The highest BCUT2D eigenvalue weighted by Crippen LogP contribution is 2.45. The number of aromatic nitrogens is 2. The van der Waals surface area contributed by atoms with Gasteiger partial charge in [0.05, 0.1) is 28.5 Å². The third kappa shape index (κ3) is 6.35. The molecule has 3 heterocycles. The Morgan fingerprint density at radius 3 is 2.09 bits per heavy atom. The van der Waals surface area contributed by atoms with E-state index in [9.17, 15) is 0 Å². The van der Waals surface area contributed by atoms with Gasteiger partial charge in [-0.25, -0.2) is 10.4 Å². The first kappa shape index (κ1) is 34.6.